The smallest absolute Gasteiger partial charge is 0.260 e. The van der Waals surface area contributed by atoms with Gasteiger partial charge < -0.3 is 0 Å². The lowest BCUT2D eigenvalue weighted by Gasteiger charge is -2.11. The lowest BCUT2D eigenvalue weighted by Crippen LogP contribution is -2.23. The van der Waals surface area contributed by atoms with Gasteiger partial charge in [0.25, 0.3) is 5.24 Å². The number of fused-ring (bicyclic) bond motifs is 1. The van der Waals surface area contributed by atoms with Crippen molar-refractivity contribution in [2.45, 2.75) is 0 Å². The predicted molar refractivity (Wildman–Crippen MR) is 71.5 cm³/mol. The molecule has 1 heterocycles. The minimum absolute atomic E-state index is 0.0884. The SMILES string of the molecule is O=C1NN=C(c2ccc3ccccc3c2)CS1. The molecule has 2 aromatic carbocycles. The van der Waals surface area contributed by atoms with E-state index in [4.69, 9.17) is 0 Å². The predicted octanol–water partition coefficient (Wildman–Crippen LogP) is 3.00. The third-order valence-corrected chi connectivity index (χ3v) is 3.48. The zero-order valence-electron chi connectivity index (χ0n) is 9.01. The number of nitrogens with zero attached hydrogens (tertiary/aromatic N) is 1. The zero-order valence-corrected chi connectivity index (χ0v) is 9.83. The average molecular weight is 242 g/mol. The number of hydrogen-bond acceptors (Lipinski definition) is 3. The first-order valence-corrected chi connectivity index (χ1v) is 6.30. The van der Waals surface area contributed by atoms with E-state index in [1.165, 1.54) is 22.5 Å². The fraction of sp³-hybridized carbons (Fsp3) is 0.0769. The maximum atomic E-state index is 11.0. The summed E-state index contributed by atoms with van der Waals surface area (Å²) in [6.45, 7) is 0. The van der Waals surface area contributed by atoms with Crippen LogP contribution in [-0.4, -0.2) is 16.7 Å². The highest BCUT2D eigenvalue weighted by atomic mass is 32.2. The summed E-state index contributed by atoms with van der Waals surface area (Å²) in [5, 5.41) is 6.40. The standard InChI is InChI=1S/C13H10N2OS/c16-13-15-14-12(8-17-13)11-6-5-9-3-1-2-4-10(9)7-11/h1-7H,8H2,(H,15,16). The molecule has 0 radical (unpaired) electrons. The van der Waals surface area contributed by atoms with Gasteiger partial charge in [0.2, 0.25) is 0 Å². The van der Waals surface area contributed by atoms with E-state index in [0.29, 0.717) is 5.75 Å². The summed E-state index contributed by atoms with van der Waals surface area (Å²) in [5.74, 6) is 0.629. The molecule has 0 atom stereocenters. The topological polar surface area (TPSA) is 41.5 Å². The van der Waals surface area contributed by atoms with Crippen molar-refractivity contribution in [3.8, 4) is 0 Å². The second kappa shape index (κ2) is 4.22. The third kappa shape index (κ3) is 2.03. The van der Waals surface area contributed by atoms with Gasteiger partial charge in [0.15, 0.2) is 0 Å². The van der Waals surface area contributed by atoms with Crippen LogP contribution in [0.3, 0.4) is 0 Å². The minimum Gasteiger partial charge on any atom is -0.260 e. The van der Waals surface area contributed by atoms with E-state index < -0.39 is 0 Å². The minimum atomic E-state index is -0.0884. The van der Waals surface area contributed by atoms with Crippen molar-refractivity contribution in [2.24, 2.45) is 5.10 Å². The number of carbonyl (C=O) groups is 1. The second-order valence-corrected chi connectivity index (χ2v) is 4.76. The first-order chi connectivity index (χ1) is 8.33. The number of hydrazone groups is 1. The highest BCUT2D eigenvalue weighted by Crippen LogP contribution is 2.19. The molecule has 0 unspecified atom stereocenters. The second-order valence-electron chi connectivity index (χ2n) is 3.81. The molecular weight excluding hydrogens is 232 g/mol. The Bertz CT molecular complexity index is 622. The van der Waals surface area contributed by atoms with Crippen molar-refractivity contribution >= 4 is 33.5 Å². The average Bonchev–Trinajstić information content (AvgIpc) is 2.39. The Hall–Kier alpha value is -1.81. The lowest BCUT2D eigenvalue weighted by atomic mass is 10.0. The quantitative estimate of drug-likeness (QED) is 0.835. The molecule has 0 spiro atoms. The van der Waals surface area contributed by atoms with Crippen LogP contribution in [0.1, 0.15) is 5.56 Å². The molecule has 1 N–H and O–H groups in total. The molecule has 3 rings (SSSR count). The Morgan fingerprint density at radius 3 is 2.71 bits per heavy atom. The Balaban J connectivity index is 2.03. The molecule has 0 aliphatic carbocycles. The van der Waals surface area contributed by atoms with Crippen molar-refractivity contribution in [3.05, 3.63) is 48.0 Å². The van der Waals surface area contributed by atoms with E-state index in [9.17, 15) is 4.79 Å². The van der Waals surface area contributed by atoms with Crippen LogP contribution >= 0.6 is 11.8 Å². The first-order valence-electron chi connectivity index (χ1n) is 5.31. The van der Waals surface area contributed by atoms with Crippen molar-refractivity contribution in [1.29, 1.82) is 0 Å². The monoisotopic (exact) mass is 242 g/mol. The maximum absolute atomic E-state index is 11.0. The van der Waals surface area contributed by atoms with Gasteiger partial charge in [0.05, 0.1) is 5.71 Å². The van der Waals surface area contributed by atoms with Crippen LogP contribution in [0.2, 0.25) is 0 Å². The Morgan fingerprint density at radius 2 is 1.94 bits per heavy atom. The summed E-state index contributed by atoms with van der Waals surface area (Å²) in [6.07, 6.45) is 0. The van der Waals surface area contributed by atoms with Gasteiger partial charge in [-0.1, -0.05) is 48.2 Å². The normalized spacial score (nSPS) is 15.5. The summed E-state index contributed by atoms with van der Waals surface area (Å²) < 4.78 is 0. The number of carbonyl (C=O) groups excluding carboxylic acids is 1. The molecule has 1 aliphatic heterocycles. The van der Waals surface area contributed by atoms with Gasteiger partial charge in [0.1, 0.15) is 0 Å². The Labute approximate surface area is 103 Å². The Kier molecular flexibility index (Phi) is 2.57. The molecule has 0 saturated carbocycles. The molecule has 84 valence electrons. The van der Waals surface area contributed by atoms with Crippen LogP contribution in [0, 0.1) is 0 Å². The zero-order chi connectivity index (χ0) is 11.7. The number of amides is 1. The van der Waals surface area contributed by atoms with Gasteiger partial charge in [-0.05, 0) is 22.4 Å². The van der Waals surface area contributed by atoms with Crippen molar-refractivity contribution in [3.63, 3.8) is 0 Å². The van der Waals surface area contributed by atoms with E-state index in [2.05, 4.69) is 34.8 Å². The number of nitrogens with one attached hydrogen (secondary N) is 1. The fourth-order valence-corrected chi connectivity index (χ4v) is 2.44. The molecule has 17 heavy (non-hydrogen) atoms. The third-order valence-electron chi connectivity index (χ3n) is 2.70. The molecule has 2 aromatic rings. The van der Waals surface area contributed by atoms with E-state index >= 15 is 0 Å². The summed E-state index contributed by atoms with van der Waals surface area (Å²) in [4.78, 5) is 11.0. The van der Waals surface area contributed by atoms with E-state index in [1.807, 2.05) is 18.2 Å². The molecule has 1 aliphatic rings. The van der Waals surface area contributed by atoms with Crippen molar-refractivity contribution in [1.82, 2.24) is 5.43 Å². The molecule has 1 amide bonds. The highest BCUT2D eigenvalue weighted by Gasteiger charge is 2.13. The first kappa shape index (κ1) is 10.4. The molecule has 3 nitrogen and oxygen atoms in total. The van der Waals surface area contributed by atoms with Crippen LogP contribution in [0.4, 0.5) is 4.79 Å². The van der Waals surface area contributed by atoms with Crippen molar-refractivity contribution < 1.29 is 4.79 Å². The molecule has 4 heteroatoms. The van der Waals surface area contributed by atoms with Crippen LogP contribution < -0.4 is 5.43 Å². The van der Waals surface area contributed by atoms with Gasteiger partial charge >= 0.3 is 0 Å². The molecule has 0 saturated heterocycles. The van der Waals surface area contributed by atoms with Gasteiger partial charge in [-0.3, -0.25) is 4.79 Å². The lowest BCUT2D eigenvalue weighted by molar-refractivity contribution is 0.261. The molecule has 0 fully saturated rings. The van der Waals surface area contributed by atoms with Crippen LogP contribution in [-0.2, 0) is 0 Å². The van der Waals surface area contributed by atoms with Crippen LogP contribution in [0.25, 0.3) is 10.8 Å². The van der Waals surface area contributed by atoms with Crippen molar-refractivity contribution in [2.75, 3.05) is 5.75 Å². The Morgan fingerprint density at radius 1 is 1.12 bits per heavy atom. The van der Waals surface area contributed by atoms with Gasteiger partial charge in [-0.25, -0.2) is 5.43 Å². The summed E-state index contributed by atoms with van der Waals surface area (Å²) in [7, 11) is 0. The summed E-state index contributed by atoms with van der Waals surface area (Å²) in [5.41, 5.74) is 4.47. The van der Waals surface area contributed by atoms with E-state index in [0.717, 1.165) is 11.3 Å². The molecule has 0 aromatic heterocycles. The number of thioether (sulfide) groups is 1. The number of hydrogen-bond donors (Lipinski definition) is 1. The van der Waals surface area contributed by atoms with Crippen LogP contribution in [0.5, 0.6) is 0 Å². The maximum Gasteiger partial charge on any atom is 0.299 e. The summed E-state index contributed by atoms with van der Waals surface area (Å²) in [6, 6.07) is 14.4. The van der Waals surface area contributed by atoms with Gasteiger partial charge in [0, 0.05) is 5.75 Å². The highest BCUT2D eigenvalue weighted by molar-refractivity contribution is 8.14. The molecular formula is C13H10N2OS. The van der Waals surface area contributed by atoms with E-state index in [1.54, 1.807) is 0 Å². The largest absolute Gasteiger partial charge is 0.299 e. The fourth-order valence-electron chi connectivity index (χ4n) is 1.83. The van der Waals surface area contributed by atoms with Gasteiger partial charge in [-0.15, -0.1) is 0 Å². The van der Waals surface area contributed by atoms with Crippen LogP contribution in [0.15, 0.2) is 47.6 Å². The summed E-state index contributed by atoms with van der Waals surface area (Å²) >= 11 is 1.25. The number of benzene rings is 2. The van der Waals surface area contributed by atoms with Gasteiger partial charge in [-0.2, -0.15) is 5.10 Å². The number of rotatable bonds is 1. The van der Waals surface area contributed by atoms with E-state index in [-0.39, 0.29) is 5.24 Å². The molecule has 0 bridgehead atoms.